The van der Waals surface area contributed by atoms with Crippen LogP contribution in [-0.2, 0) is 0 Å². The van der Waals surface area contributed by atoms with Crippen LogP contribution in [0.25, 0.3) is 21.9 Å². The number of hydrogen-bond donors (Lipinski definition) is 2. The van der Waals surface area contributed by atoms with Crippen LogP contribution in [0.1, 0.15) is 31.8 Å². The second-order valence-electron chi connectivity index (χ2n) is 6.69. The first-order chi connectivity index (χ1) is 14.5. The number of hydrogen-bond acceptors (Lipinski definition) is 2. The van der Waals surface area contributed by atoms with Gasteiger partial charge in [-0.1, -0.05) is 66.4 Å². The predicted molar refractivity (Wildman–Crippen MR) is 116 cm³/mol. The van der Waals surface area contributed by atoms with Gasteiger partial charge in [-0.3, -0.25) is 0 Å². The minimum absolute atomic E-state index is 0.0202. The van der Waals surface area contributed by atoms with Crippen LogP contribution in [-0.4, -0.2) is 22.2 Å². The van der Waals surface area contributed by atoms with E-state index in [1.54, 1.807) is 18.2 Å². The summed E-state index contributed by atoms with van der Waals surface area (Å²) in [5.74, 6) is 4.09. The Balaban J connectivity index is 1.88. The molecule has 4 rings (SSSR count). The van der Waals surface area contributed by atoms with Crippen LogP contribution in [0.4, 0.5) is 0 Å². The van der Waals surface area contributed by atoms with E-state index >= 15 is 0 Å². The van der Waals surface area contributed by atoms with E-state index in [1.807, 2.05) is 48.5 Å². The first-order valence-corrected chi connectivity index (χ1v) is 9.24. The average molecular weight is 392 g/mol. The summed E-state index contributed by atoms with van der Waals surface area (Å²) in [6.07, 6.45) is 0. The Morgan fingerprint density at radius 2 is 1.30 bits per heavy atom. The van der Waals surface area contributed by atoms with E-state index in [0.717, 1.165) is 16.3 Å². The Bertz CT molecular complexity index is 1350. The van der Waals surface area contributed by atoms with Gasteiger partial charge in [0.2, 0.25) is 0 Å². The zero-order valence-corrected chi connectivity index (χ0v) is 15.8. The Kier molecular flexibility index (Phi) is 5.02. The number of carboxylic acids is 2. The quantitative estimate of drug-likeness (QED) is 0.464. The van der Waals surface area contributed by atoms with Gasteiger partial charge in [-0.2, -0.15) is 0 Å². The van der Waals surface area contributed by atoms with E-state index in [0.29, 0.717) is 16.7 Å². The number of aromatic carboxylic acids is 2. The molecule has 0 unspecified atom stereocenters. The SMILES string of the molecule is O=C(O)c1ccc(C(=O)O)c(-c2ccccc2C#Cc2cccc3ccccc23)c1. The van der Waals surface area contributed by atoms with Crippen molar-refractivity contribution < 1.29 is 19.8 Å². The molecule has 0 aromatic heterocycles. The Labute approximate surface area is 173 Å². The number of carboxylic acid groups (broad SMARTS) is 2. The van der Waals surface area contributed by atoms with E-state index in [2.05, 4.69) is 11.8 Å². The fourth-order valence-electron chi connectivity index (χ4n) is 3.38. The highest BCUT2D eigenvalue weighted by molar-refractivity contribution is 6.00. The van der Waals surface area contributed by atoms with Crippen LogP contribution in [0.2, 0.25) is 0 Å². The zero-order valence-electron chi connectivity index (χ0n) is 15.8. The van der Waals surface area contributed by atoms with Crippen LogP contribution in [0.3, 0.4) is 0 Å². The van der Waals surface area contributed by atoms with Gasteiger partial charge in [-0.25, -0.2) is 9.59 Å². The molecule has 0 aliphatic carbocycles. The van der Waals surface area contributed by atoms with E-state index in [1.165, 1.54) is 18.2 Å². The zero-order chi connectivity index (χ0) is 21.1. The highest BCUT2D eigenvalue weighted by Crippen LogP contribution is 2.28. The van der Waals surface area contributed by atoms with Crippen LogP contribution in [0.15, 0.2) is 84.9 Å². The van der Waals surface area contributed by atoms with Crippen molar-refractivity contribution in [2.45, 2.75) is 0 Å². The molecular weight excluding hydrogens is 376 g/mol. The van der Waals surface area contributed by atoms with Gasteiger partial charge < -0.3 is 10.2 Å². The van der Waals surface area contributed by atoms with Crippen molar-refractivity contribution in [3.8, 4) is 23.0 Å². The summed E-state index contributed by atoms with van der Waals surface area (Å²) >= 11 is 0. The molecule has 4 heteroatoms. The summed E-state index contributed by atoms with van der Waals surface area (Å²) in [5, 5.41) is 21.0. The number of fused-ring (bicyclic) bond motifs is 1. The molecule has 4 aromatic carbocycles. The minimum atomic E-state index is -1.13. The molecule has 30 heavy (non-hydrogen) atoms. The molecule has 4 nitrogen and oxygen atoms in total. The van der Waals surface area contributed by atoms with Crippen LogP contribution in [0.5, 0.6) is 0 Å². The Morgan fingerprint density at radius 1 is 0.633 bits per heavy atom. The van der Waals surface area contributed by atoms with Crippen molar-refractivity contribution in [2.24, 2.45) is 0 Å². The van der Waals surface area contributed by atoms with Crippen LogP contribution in [0, 0.1) is 11.8 Å². The van der Waals surface area contributed by atoms with E-state index in [9.17, 15) is 19.8 Å². The molecule has 0 amide bonds. The molecule has 0 bridgehead atoms. The standard InChI is InChI=1S/C26H16O4/c27-25(28)20-14-15-23(26(29)30)24(16-20)22-11-4-2-7-19(22)13-12-18-9-5-8-17-6-1-3-10-21(17)18/h1-11,14-16H,(H,27,28)(H,29,30). The third-order valence-electron chi connectivity index (χ3n) is 4.84. The van der Waals surface area contributed by atoms with Gasteiger partial charge in [0.25, 0.3) is 0 Å². The average Bonchev–Trinajstić information content (AvgIpc) is 2.77. The van der Waals surface area contributed by atoms with Gasteiger partial charge in [0.1, 0.15) is 0 Å². The minimum Gasteiger partial charge on any atom is -0.478 e. The lowest BCUT2D eigenvalue weighted by molar-refractivity contribution is 0.0682. The largest absolute Gasteiger partial charge is 0.478 e. The molecular formula is C26H16O4. The fraction of sp³-hybridized carbons (Fsp3) is 0. The maximum Gasteiger partial charge on any atom is 0.336 e. The van der Waals surface area contributed by atoms with E-state index in [-0.39, 0.29) is 11.1 Å². The lowest BCUT2D eigenvalue weighted by Crippen LogP contribution is -2.04. The maximum absolute atomic E-state index is 11.7. The monoisotopic (exact) mass is 392 g/mol. The van der Waals surface area contributed by atoms with Gasteiger partial charge in [-0.15, -0.1) is 0 Å². The van der Waals surface area contributed by atoms with Gasteiger partial charge >= 0.3 is 11.9 Å². The molecule has 2 N–H and O–H groups in total. The van der Waals surface area contributed by atoms with Crippen LogP contribution < -0.4 is 0 Å². The highest BCUT2D eigenvalue weighted by Gasteiger charge is 2.16. The van der Waals surface area contributed by atoms with E-state index in [4.69, 9.17) is 0 Å². The molecule has 0 saturated heterocycles. The summed E-state index contributed by atoms with van der Waals surface area (Å²) < 4.78 is 0. The second kappa shape index (κ2) is 7.94. The summed E-state index contributed by atoms with van der Waals surface area (Å²) in [5.41, 5.74) is 2.43. The normalized spacial score (nSPS) is 10.3. The molecule has 0 saturated carbocycles. The molecule has 4 aromatic rings. The van der Waals surface area contributed by atoms with Crippen molar-refractivity contribution in [1.29, 1.82) is 0 Å². The van der Waals surface area contributed by atoms with Gasteiger partial charge in [-0.05, 0) is 52.2 Å². The second-order valence-corrected chi connectivity index (χ2v) is 6.69. The first-order valence-electron chi connectivity index (χ1n) is 9.24. The summed E-state index contributed by atoms with van der Waals surface area (Å²) in [4.78, 5) is 23.1. The van der Waals surface area contributed by atoms with Gasteiger partial charge in [0, 0.05) is 11.1 Å². The Morgan fingerprint density at radius 3 is 2.10 bits per heavy atom. The van der Waals surface area contributed by atoms with E-state index < -0.39 is 11.9 Å². The smallest absolute Gasteiger partial charge is 0.336 e. The molecule has 0 fully saturated rings. The van der Waals surface area contributed by atoms with Crippen molar-refractivity contribution in [3.05, 3.63) is 107 Å². The number of carbonyl (C=O) groups is 2. The highest BCUT2D eigenvalue weighted by atomic mass is 16.4. The third-order valence-corrected chi connectivity index (χ3v) is 4.84. The molecule has 0 aliphatic rings. The third kappa shape index (κ3) is 3.65. The molecule has 0 aliphatic heterocycles. The lowest BCUT2D eigenvalue weighted by Gasteiger charge is -2.10. The van der Waals surface area contributed by atoms with Crippen molar-refractivity contribution in [2.75, 3.05) is 0 Å². The molecule has 144 valence electrons. The van der Waals surface area contributed by atoms with Gasteiger partial charge in [0.05, 0.1) is 11.1 Å². The van der Waals surface area contributed by atoms with Crippen LogP contribution >= 0.6 is 0 Å². The predicted octanol–water partition coefficient (Wildman–Crippen LogP) is 5.30. The molecule has 0 atom stereocenters. The summed E-state index contributed by atoms with van der Waals surface area (Å²) in [6.45, 7) is 0. The maximum atomic E-state index is 11.7. The summed E-state index contributed by atoms with van der Waals surface area (Å²) in [6, 6.07) is 25.0. The topological polar surface area (TPSA) is 74.6 Å². The van der Waals surface area contributed by atoms with Crippen molar-refractivity contribution >= 4 is 22.7 Å². The van der Waals surface area contributed by atoms with Crippen molar-refractivity contribution in [3.63, 3.8) is 0 Å². The number of benzene rings is 4. The van der Waals surface area contributed by atoms with Gasteiger partial charge in [0.15, 0.2) is 0 Å². The molecule has 0 heterocycles. The number of rotatable bonds is 3. The first kappa shape index (κ1) is 19.0. The van der Waals surface area contributed by atoms with Crippen molar-refractivity contribution in [1.82, 2.24) is 0 Å². The molecule has 0 radical (unpaired) electrons. The summed E-state index contributed by atoms with van der Waals surface area (Å²) in [7, 11) is 0. The Hall–Kier alpha value is -4.36. The fourth-order valence-corrected chi connectivity index (χ4v) is 3.38. The molecule has 0 spiro atoms. The lowest BCUT2D eigenvalue weighted by atomic mass is 9.93.